The van der Waals surface area contributed by atoms with E-state index in [9.17, 15) is 23.3 Å². The maximum atomic E-state index is 11.5. The summed E-state index contributed by atoms with van der Waals surface area (Å²) >= 11 is 0.664. The maximum Gasteiger partial charge on any atom is 0.326 e. The minimum Gasteiger partial charge on any atom is -0.480 e. The molecular formula is C11H16N2O6S2. The molecule has 10 heteroatoms. The van der Waals surface area contributed by atoms with Crippen LogP contribution < -0.4 is 5.32 Å². The molecule has 0 spiro atoms. The molecule has 1 atom stereocenters. The Morgan fingerprint density at radius 1 is 1.52 bits per heavy atom. The highest BCUT2D eigenvalue weighted by atomic mass is 32.2. The number of sulfone groups is 1. The molecule has 0 bridgehead atoms. The molecule has 0 amide bonds. The SMILES string of the molecule is CC(C)CC(Nc1sc(S(C)(=O)=O)cc1[N+](=O)[O-])C(=O)O. The van der Waals surface area contributed by atoms with E-state index in [2.05, 4.69) is 5.32 Å². The average molecular weight is 336 g/mol. The van der Waals surface area contributed by atoms with Crippen molar-refractivity contribution in [2.75, 3.05) is 11.6 Å². The molecule has 0 aliphatic carbocycles. The van der Waals surface area contributed by atoms with Crippen molar-refractivity contribution in [2.24, 2.45) is 5.92 Å². The van der Waals surface area contributed by atoms with Crippen molar-refractivity contribution in [3.63, 3.8) is 0 Å². The lowest BCUT2D eigenvalue weighted by Crippen LogP contribution is -2.30. The molecule has 1 heterocycles. The highest BCUT2D eigenvalue weighted by molar-refractivity contribution is 7.92. The van der Waals surface area contributed by atoms with Crippen LogP contribution in [-0.4, -0.2) is 36.7 Å². The van der Waals surface area contributed by atoms with Crippen LogP contribution in [0.15, 0.2) is 10.3 Å². The van der Waals surface area contributed by atoms with Crippen molar-refractivity contribution in [1.82, 2.24) is 0 Å². The minimum atomic E-state index is -3.59. The highest BCUT2D eigenvalue weighted by Crippen LogP contribution is 2.37. The number of thiophene rings is 1. The summed E-state index contributed by atoms with van der Waals surface area (Å²) in [6, 6.07) is -0.0777. The van der Waals surface area contributed by atoms with E-state index in [1.807, 2.05) is 13.8 Å². The van der Waals surface area contributed by atoms with E-state index in [1.54, 1.807) is 0 Å². The van der Waals surface area contributed by atoms with Gasteiger partial charge in [-0.2, -0.15) is 0 Å². The smallest absolute Gasteiger partial charge is 0.326 e. The van der Waals surface area contributed by atoms with Crippen LogP contribution >= 0.6 is 11.3 Å². The van der Waals surface area contributed by atoms with Gasteiger partial charge in [-0.15, -0.1) is 0 Å². The van der Waals surface area contributed by atoms with Gasteiger partial charge in [-0.25, -0.2) is 13.2 Å². The first kappa shape index (κ1) is 17.4. The first-order valence-corrected chi connectivity index (χ1v) is 8.70. The summed E-state index contributed by atoms with van der Waals surface area (Å²) in [4.78, 5) is 21.4. The summed E-state index contributed by atoms with van der Waals surface area (Å²) in [5.74, 6) is -1.08. The molecule has 1 aromatic rings. The van der Waals surface area contributed by atoms with Gasteiger partial charge in [0.2, 0.25) is 0 Å². The lowest BCUT2D eigenvalue weighted by molar-refractivity contribution is -0.383. The normalized spacial score (nSPS) is 13.1. The quantitative estimate of drug-likeness (QED) is 0.575. The van der Waals surface area contributed by atoms with Crippen LogP contribution in [0.5, 0.6) is 0 Å². The van der Waals surface area contributed by atoms with Crippen LogP contribution in [0, 0.1) is 16.0 Å². The Morgan fingerprint density at radius 2 is 2.10 bits per heavy atom. The number of nitrogens with zero attached hydrogens (tertiary/aromatic N) is 1. The first-order valence-electron chi connectivity index (χ1n) is 6.00. The van der Waals surface area contributed by atoms with E-state index in [0.29, 0.717) is 11.3 Å². The molecule has 0 aromatic carbocycles. The molecule has 118 valence electrons. The maximum absolute atomic E-state index is 11.5. The lowest BCUT2D eigenvalue weighted by Gasteiger charge is -2.15. The highest BCUT2D eigenvalue weighted by Gasteiger charge is 2.27. The number of hydrogen-bond acceptors (Lipinski definition) is 7. The number of carboxylic acids is 1. The molecule has 0 saturated heterocycles. The van der Waals surface area contributed by atoms with Gasteiger partial charge in [-0.3, -0.25) is 10.1 Å². The number of carboxylic acid groups (broad SMARTS) is 1. The van der Waals surface area contributed by atoms with Crippen LogP contribution in [0.1, 0.15) is 20.3 Å². The molecule has 1 aromatic heterocycles. The number of rotatable bonds is 7. The molecule has 0 aliphatic heterocycles. The molecule has 0 radical (unpaired) electrons. The molecular weight excluding hydrogens is 320 g/mol. The third-order valence-electron chi connectivity index (χ3n) is 2.56. The molecule has 0 saturated carbocycles. The summed E-state index contributed by atoms with van der Waals surface area (Å²) in [5, 5.41) is 22.6. The van der Waals surface area contributed by atoms with E-state index in [1.165, 1.54) is 0 Å². The van der Waals surface area contributed by atoms with E-state index < -0.39 is 32.5 Å². The molecule has 0 fully saturated rings. The summed E-state index contributed by atoms with van der Waals surface area (Å²) < 4.78 is 22.7. The van der Waals surface area contributed by atoms with Gasteiger partial charge < -0.3 is 10.4 Å². The number of nitro groups is 1. The zero-order valence-corrected chi connectivity index (χ0v) is 13.3. The van der Waals surface area contributed by atoms with Gasteiger partial charge in [0.05, 0.1) is 4.92 Å². The topological polar surface area (TPSA) is 127 Å². The van der Waals surface area contributed by atoms with Crippen LogP contribution in [-0.2, 0) is 14.6 Å². The molecule has 0 aliphatic rings. The second kappa shape index (κ2) is 6.39. The zero-order valence-electron chi connectivity index (χ0n) is 11.7. The fourth-order valence-electron chi connectivity index (χ4n) is 1.63. The van der Waals surface area contributed by atoms with Gasteiger partial charge in [0, 0.05) is 12.3 Å². The average Bonchev–Trinajstić information content (AvgIpc) is 2.71. The fraction of sp³-hybridized carbons (Fsp3) is 0.545. The summed E-state index contributed by atoms with van der Waals surface area (Å²) in [7, 11) is -3.59. The Hall–Kier alpha value is -1.68. The first-order chi connectivity index (χ1) is 9.52. The van der Waals surface area contributed by atoms with Gasteiger partial charge >= 0.3 is 11.7 Å². The molecule has 1 rings (SSSR count). The van der Waals surface area contributed by atoms with Crippen LogP contribution in [0.25, 0.3) is 0 Å². The fourth-order valence-corrected chi connectivity index (χ4v) is 3.62. The second-order valence-electron chi connectivity index (χ2n) is 4.97. The monoisotopic (exact) mass is 336 g/mol. The Labute approximate surface area is 125 Å². The Morgan fingerprint density at radius 3 is 2.48 bits per heavy atom. The van der Waals surface area contributed by atoms with Crippen molar-refractivity contribution in [3.8, 4) is 0 Å². The Balaban J connectivity index is 3.19. The Bertz CT molecular complexity index is 650. The van der Waals surface area contributed by atoms with Gasteiger partial charge in [0.1, 0.15) is 10.3 Å². The van der Waals surface area contributed by atoms with E-state index in [-0.39, 0.29) is 21.5 Å². The number of nitrogens with one attached hydrogen (secondary N) is 1. The summed E-state index contributed by atoms with van der Waals surface area (Å²) in [6.45, 7) is 3.64. The molecule has 21 heavy (non-hydrogen) atoms. The molecule has 8 nitrogen and oxygen atoms in total. The number of hydrogen-bond donors (Lipinski definition) is 2. The van der Waals surface area contributed by atoms with Crippen LogP contribution in [0.4, 0.5) is 10.7 Å². The third kappa shape index (κ3) is 4.67. The molecule has 2 N–H and O–H groups in total. The Kier molecular flexibility index (Phi) is 5.29. The number of anilines is 1. The van der Waals surface area contributed by atoms with Crippen molar-refractivity contribution < 1.29 is 23.2 Å². The van der Waals surface area contributed by atoms with Crippen LogP contribution in [0.2, 0.25) is 0 Å². The third-order valence-corrected chi connectivity index (χ3v) is 5.42. The van der Waals surface area contributed by atoms with E-state index >= 15 is 0 Å². The number of aliphatic carboxylic acids is 1. The summed E-state index contributed by atoms with van der Waals surface area (Å²) in [5.41, 5.74) is -0.435. The predicted molar refractivity (Wildman–Crippen MR) is 78.6 cm³/mol. The standard InChI is InChI=1S/C11H16N2O6S2/c1-6(2)4-7(11(14)15)12-10-8(13(16)17)5-9(20-10)21(3,18)19/h5-7,12H,4H2,1-3H3,(H,14,15). The lowest BCUT2D eigenvalue weighted by atomic mass is 10.0. The minimum absolute atomic E-state index is 0.0616. The van der Waals surface area contributed by atoms with Gasteiger partial charge in [-0.05, 0) is 12.3 Å². The second-order valence-corrected chi connectivity index (χ2v) is 8.27. The predicted octanol–water partition coefficient (Wildman–Crippen LogP) is 1.97. The largest absolute Gasteiger partial charge is 0.480 e. The van der Waals surface area contributed by atoms with Gasteiger partial charge in [-0.1, -0.05) is 25.2 Å². The van der Waals surface area contributed by atoms with E-state index in [4.69, 9.17) is 5.11 Å². The zero-order chi connectivity index (χ0) is 16.4. The van der Waals surface area contributed by atoms with E-state index in [0.717, 1.165) is 12.3 Å². The summed E-state index contributed by atoms with van der Waals surface area (Å²) in [6.07, 6.45) is 1.20. The van der Waals surface area contributed by atoms with Gasteiger partial charge in [0.25, 0.3) is 0 Å². The van der Waals surface area contributed by atoms with Crippen molar-refractivity contribution in [3.05, 3.63) is 16.2 Å². The van der Waals surface area contributed by atoms with Crippen LogP contribution in [0.3, 0.4) is 0 Å². The van der Waals surface area contributed by atoms with Crippen molar-refractivity contribution >= 4 is 37.8 Å². The van der Waals surface area contributed by atoms with Crippen molar-refractivity contribution in [1.29, 1.82) is 0 Å². The molecule has 1 unspecified atom stereocenters. The van der Waals surface area contributed by atoms with Gasteiger partial charge in [0.15, 0.2) is 14.8 Å². The number of carbonyl (C=O) groups is 1. The van der Waals surface area contributed by atoms with Crippen molar-refractivity contribution in [2.45, 2.75) is 30.5 Å².